The summed E-state index contributed by atoms with van der Waals surface area (Å²) < 4.78 is 5.47. The molecule has 0 radical (unpaired) electrons. The number of aliphatic carboxylic acids is 1. The van der Waals surface area contributed by atoms with Crippen molar-refractivity contribution in [2.75, 3.05) is 31.1 Å². The van der Waals surface area contributed by atoms with E-state index in [1.54, 1.807) is 41.3 Å². The molecule has 0 saturated carbocycles. The summed E-state index contributed by atoms with van der Waals surface area (Å²) in [7, 11) is 0. The molecular formula is C30H37N3O5. The van der Waals surface area contributed by atoms with Crippen LogP contribution in [0.1, 0.15) is 63.3 Å². The van der Waals surface area contributed by atoms with E-state index in [4.69, 9.17) is 4.74 Å². The number of hydrogen-bond donors (Lipinski definition) is 1. The molecule has 0 aliphatic carbocycles. The van der Waals surface area contributed by atoms with Gasteiger partial charge in [0.15, 0.2) is 5.78 Å². The predicted molar refractivity (Wildman–Crippen MR) is 149 cm³/mol. The Balaban J connectivity index is 1.68. The summed E-state index contributed by atoms with van der Waals surface area (Å²) >= 11 is 0. The molecule has 0 atom stereocenters. The van der Waals surface area contributed by atoms with Gasteiger partial charge in [-0.1, -0.05) is 39.0 Å². The summed E-state index contributed by atoms with van der Waals surface area (Å²) in [5.41, 5.74) is 1.72. The summed E-state index contributed by atoms with van der Waals surface area (Å²) in [5, 5.41) is 9.55. The number of allylic oxidation sites excluding steroid dienone is 1. The SMILES string of the molecule is CC(C)(C)OC(=O)N1CCN(c2cccc(C(=O)C=Cc3cccc(C=C(C(=O)O)C(C)(C)C)n3)c2)CC1. The minimum absolute atomic E-state index is 0.164. The third-order valence-electron chi connectivity index (χ3n) is 5.96. The number of ether oxygens (including phenoxy) is 1. The van der Waals surface area contributed by atoms with Crippen LogP contribution in [0.3, 0.4) is 0 Å². The molecule has 1 amide bonds. The van der Waals surface area contributed by atoms with Crippen LogP contribution in [0.2, 0.25) is 0 Å². The number of pyridine rings is 1. The van der Waals surface area contributed by atoms with Crippen molar-refractivity contribution >= 4 is 35.7 Å². The van der Waals surface area contributed by atoms with E-state index in [9.17, 15) is 19.5 Å². The number of ketones is 1. The maximum atomic E-state index is 12.9. The minimum atomic E-state index is -0.985. The van der Waals surface area contributed by atoms with E-state index in [-0.39, 0.29) is 17.4 Å². The lowest BCUT2D eigenvalue weighted by molar-refractivity contribution is -0.133. The Morgan fingerprint density at radius 3 is 2.16 bits per heavy atom. The Kier molecular flexibility index (Phi) is 8.76. The normalized spacial score (nSPS) is 15.1. The molecule has 3 rings (SSSR count). The van der Waals surface area contributed by atoms with Crippen LogP contribution in [-0.2, 0) is 9.53 Å². The number of carbonyl (C=O) groups excluding carboxylic acids is 2. The van der Waals surface area contributed by atoms with Gasteiger partial charge in [-0.3, -0.25) is 4.79 Å². The molecule has 1 saturated heterocycles. The minimum Gasteiger partial charge on any atom is -0.478 e. The smallest absolute Gasteiger partial charge is 0.410 e. The van der Waals surface area contributed by atoms with Gasteiger partial charge in [-0.25, -0.2) is 14.6 Å². The van der Waals surface area contributed by atoms with Crippen molar-refractivity contribution in [3.63, 3.8) is 0 Å². The highest BCUT2D eigenvalue weighted by Gasteiger charge is 2.26. The number of carbonyl (C=O) groups is 3. The number of rotatable bonds is 6. The third-order valence-corrected chi connectivity index (χ3v) is 5.96. The topological polar surface area (TPSA) is 100 Å². The molecule has 0 unspecified atom stereocenters. The number of hydrogen-bond acceptors (Lipinski definition) is 6. The van der Waals surface area contributed by atoms with Crippen molar-refractivity contribution in [3.05, 3.63) is 71.1 Å². The second kappa shape index (κ2) is 11.6. The predicted octanol–water partition coefficient (Wildman–Crippen LogP) is 5.55. The van der Waals surface area contributed by atoms with Crippen LogP contribution in [0.4, 0.5) is 10.5 Å². The van der Waals surface area contributed by atoms with Gasteiger partial charge < -0.3 is 19.6 Å². The van der Waals surface area contributed by atoms with Crippen LogP contribution in [0.5, 0.6) is 0 Å². The summed E-state index contributed by atoms with van der Waals surface area (Å²) in [4.78, 5) is 45.2. The van der Waals surface area contributed by atoms with E-state index in [0.717, 1.165) is 5.69 Å². The van der Waals surface area contributed by atoms with E-state index >= 15 is 0 Å². The first-order valence-electron chi connectivity index (χ1n) is 12.7. The summed E-state index contributed by atoms with van der Waals surface area (Å²) in [5.74, 6) is -1.15. The first-order chi connectivity index (χ1) is 17.7. The third kappa shape index (κ3) is 8.03. The molecule has 1 aliphatic heterocycles. The molecule has 2 heterocycles. The van der Waals surface area contributed by atoms with Crippen LogP contribution in [0.25, 0.3) is 12.2 Å². The second-order valence-corrected chi connectivity index (χ2v) is 11.3. The average molecular weight is 520 g/mol. The monoisotopic (exact) mass is 519 g/mol. The van der Waals surface area contributed by atoms with Crippen molar-refractivity contribution in [2.24, 2.45) is 5.41 Å². The number of benzene rings is 1. The highest BCUT2D eigenvalue weighted by molar-refractivity contribution is 6.07. The van der Waals surface area contributed by atoms with Crippen LogP contribution in [0.15, 0.2) is 54.1 Å². The Labute approximate surface area is 224 Å². The number of aromatic nitrogens is 1. The van der Waals surface area contributed by atoms with Crippen LogP contribution >= 0.6 is 0 Å². The molecule has 0 bridgehead atoms. The average Bonchev–Trinajstić information content (AvgIpc) is 2.84. The standard InChI is InChI=1S/C30H37N3O5/c1-29(2,3)25(27(35)36)20-23-11-8-10-22(31-23)13-14-26(34)21-9-7-12-24(19-21)32-15-17-33(18-16-32)28(37)38-30(4,5)6/h7-14,19-20H,15-18H2,1-6H3,(H,35,36). The number of amides is 1. The van der Waals surface area contributed by atoms with Gasteiger partial charge >= 0.3 is 12.1 Å². The highest BCUT2D eigenvalue weighted by atomic mass is 16.6. The van der Waals surface area contributed by atoms with E-state index in [1.807, 2.05) is 59.7 Å². The first-order valence-corrected chi connectivity index (χ1v) is 12.7. The van der Waals surface area contributed by atoms with Crippen LogP contribution < -0.4 is 4.90 Å². The van der Waals surface area contributed by atoms with Crippen LogP contribution in [0, 0.1) is 5.41 Å². The molecule has 1 aromatic heterocycles. The van der Waals surface area contributed by atoms with Crippen molar-refractivity contribution in [1.29, 1.82) is 0 Å². The molecule has 2 aromatic rings. The van der Waals surface area contributed by atoms with Gasteiger partial charge in [0.25, 0.3) is 0 Å². The van der Waals surface area contributed by atoms with E-state index in [1.165, 1.54) is 6.08 Å². The van der Waals surface area contributed by atoms with Crippen molar-refractivity contribution < 1.29 is 24.2 Å². The number of anilines is 1. The lowest BCUT2D eigenvalue weighted by Gasteiger charge is -2.36. The largest absolute Gasteiger partial charge is 0.478 e. The quantitative estimate of drug-likeness (QED) is 0.395. The molecule has 202 valence electrons. The fourth-order valence-corrected chi connectivity index (χ4v) is 3.98. The molecular weight excluding hydrogens is 482 g/mol. The van der Waals surface area contributed by atoms with E-state index in [0.29, 0.717) is 43.1 Å². The molecule has 0 spiro atoms. The Bertz CT molecular complexity index is 1240. The maximum Gasteiger partial charge on any atom is 0.410 e. The highest BCUT2D eigenvalue weighted by Crippen LogP contribution is 2.27. The molecule has 38 heavy (non-hydrogen) atoms. The van der Waals surface area contributed by atoms with Crippen molar-refractivity contribution in [1.82, 2.24) is 9.88 Å². The van der Waals surface area contributed by atoms with Crippen molar-refractivity contribution in [3.8, 4) is 0 Å². The number of carboxylic acids is 1. The van der Waals surface area contributed by atoms with Gasteiger partial charge in [0.2, 0.25) is 0 Å². The fourth-order valence-electron chi connectivity index (χ4n) is 3.98. The molecule has 8 heteroatoms. The molecule has 8 nitrogen and oxygen atoms in total. The fraction of sp³-hybridized carbons (Fsp3) is 0.400. The molecule has 1 N–H and O–H groups in total. The van der Waals surface area contributed by atoms with Gasteiger partial charge in [0.1, 0.15) is 5.60 Å². The zero-order valence-electron chi connectivity index (χ0n) is 23.0. The molecule has 1 aromatic carbocycles. The maximum absolute atomic E-state index is 12.9. The lowest BCUT2D eigenvalue weighted by atomic mass is 9.86. The van der Waals surface area contributed by atoms with Gasteiger partial charge in [-0.05, 0) is 68.7 Å². The summed E-state index contributed by atoms with van der Waals surface area (Å²) in [6.45, 7) is 13.4. The molecule has 1 fully saturated rings. The lowest BCUT2D eigenvalue weighted by Crippen LogP contribution is -2.50. The van der Waals surface area contributed by atoms with Crippen LogP contribution in [-0.4, -0.2) is 64.6 Å². The first kappa shape index (κ1) is 28.6. The van der Waals surface area contributed by atoms with E-state index in [2.05, 4.69) is 9.88 Å². The van der Waals surface area contributed by atoms with Crippen molar-refractivity contribution in [2.45, 2.75) is 47.1 Å². The van der Waals surface area contributed by atoms with Gasteiger partial charge in [-0.2, -0.15) is 0 Å². The molecule has 1 aliphatic rings. The number of carboxylic acid groups (broad SMARTS) is 1. The Hall–Kier alpha value is -3.94. The van der Waals surface area contributed by atoms with Gasteiger partial charge in [0.05, 0.1) is 11.4 Å². The number of nitrogens with zero attached hydrogens (tertiary/aromatic N) is 3. The Morgan fingerprint density at radius 1 is 0.921 bits per heavy atom. The number of piperazine rings is 1. The summed E-state index contributed by atoms with van der Waals surface area (Å²) in [6, 6.07) is 12.7. The zero-order valence-corrected chi connectivity index (χ0v) is 23.0. The Morgan fingerprint density at radius 2 is 1.55 bits per heavy atom. The van der Waals surface area contributed by atoms with E-state index < -0.39 is 17.0 Å². The second-order valence-electron chi connectivity index (χ2n) is 11.3. The zero-order chi connectivity index (χ0) is 28.1. The van der Waals surface area contributed by atoms with Gasteiger partial charge in [0, 0.05) is 43.0 Å². The van der Waals surface area contributed by atoms with Gasteiger partial charge in [-0.15, -0.1) is 0 Å². The summed E-state index contributed by atoms with van der Waals surface area (Å²) in [6.07, 6.45) is 4.35.